The maximum Gasteiger partial charge on any atom is 0.257 e. The predicted octanol–water partition coefficient (Wildman–Crippen LogP) is 13.8. The van der Waals surface area contributed by atoms with Gasteiger partial charge in [-0.1, -0.05) is 174 Å². The second kappa shape index (κ2) is 33.0. The summed E-state index contributed by atoms with van der Waals surface area (Å²) in [5, 5.41) is 49.2. The molecule has 0 fully saturated rings. The van der Waals surface area contributed by atoms with Gasteiger partial charge in [0.15, 0.2) is 0 Å². The second-order valence-electron chi connectivity index (χ2n) is 16.8. The molecule has 0 aliphatic rings. The van der Waals surface area contributed by atoms with Crippen LogP contribution in [0.3, 0.4) is 0 Å². The molecular weight excluding hydrogens is 757 g/mol. The molecule has 0 atom stereocenters. The van der Waals surface area contributed by atoms with E-state index >= 15 is 0 Å². The first-order valence-corrected chi connectivity index (χ1v) is 24.1. The van der Waals surface area contributed by atoms with E-state index < -0.39 is 0 Å². The van der Waals surface area contributed by atoms with E-state index in [1.165, 1.54) is 141 Å². The summed E-state index contributed by atoms with van der Waals surface area (Å²) in [4.78, 5) is 0. The highest BCUT2D eigenvalue weighted by Crippen LogP contribution is 2.22. The van der Waals surface area contributed by atoms with Crippen molar-refractivity contribution in [2.24, 2.45) is 20.4 Å². The van der Waals surface area contributed by atoms with E-state index in [0.717, 1.165) is 55.2 Å². The molecule has 0 saturated heterocycles. The molecule has 0 saturated carbocycles. The molecule has 5 N–H and O–H groups in total. The Morgan fingerprint density at radius 1 is 0.410 bits per heavy atom. The van der Waals surface area contributed by atoms with Crippen LogP contribution in [0.4, 0.5) is 0 Å². The zero-order valence-electron chi connectivity index (χ0n) is 38.2. The molecule has 9 heteroatoms. The van der Waals surface area contributed by atoms with Gasteiger partial charge >= 0.3 is 0 Å². The van der Waals surface area contributed by atoms with Crippen molar-refractivity contribution in [2.75, 3.05) is 0 Å². The minimum atomic E-state index is 0.113. The Morgan fingerprint density at radius 2 is 0.705 bits per heavy atom. The molecular formula is C52H80N6O3. The predicted molar refractivity (Wildman–Crippen MR) is 260 cm³/mol. The molecule has 0 heterocycles. The average molecular weight is 837 g/mol. The maximum absolute atomic E-state index is 10.6. The SMILES string of the molecule is CCCCCCCCCCc1ccc(O)c(/C=N\N=C(N/N=C\c2cc(CCCCCCCCCC)ccc2O)N/N=C\c2cc(CCCCCCCCCC)ccc2O)c1. The molecule has 0 bridgehead atoms. The van der Waals surface area contributed by atoms with Gasteiger partial charge in [-0.3, -0.25) is 0 Å². The van der Waals surface area contributed by atoms with Gasteiger partial charge in [-0.05, 0) is 91.6 Å². The normalized spacial score (nSPS) is 11.7. The lowest BCUT2D eigenvalue weighted by molar-refractivity contribution is 0.473. The largest absolute Gasteiger partial charge is 0.507 e. The number of phenols is 3. The molecule has 0 amide bonds. The minimum Gasteiger partial charge on any atom is -0.507 e. The number of rotatable bonds is 33. The van der Waals surface area contributed by atoms with Gasteiger partial charge in [0.1, 0.15) is 17.2 Å². The van der Waals surface area contributed by atoms with Crippen LogP contribution in [0.15, 0.2) is 75.0 Å². The zero-order chi connectivity index (χ0) is 43.6. The molecule has 0 spiro atoms. The topological polar surface area (TPSA) is 134 Å². The van der Waals surface area contributed by atoms with Crippen molar-refractivity contribution in [2.45, 2.75) is 194 Å². The fourth-order valence-corrected chi connectivity index (χ4v) is 7.52. The van der Waals surface area contributed by atoms with E-state index in [-0.39, 0.29) is 23.2 Å². The van der Waals surface area contributed by atoms with Crippen LogP contribution in [0.25, 0.3) is 0 Å². The quantitative estimate of drug-likeness (QED) is 0.0180. The van der Waals surface area contributed by atoms with Crippen molar-refractivity contribution in [1.82, 2.24) is 10.9 Å². The minimum absolute atomic E-state index is 0.113. The van der Waals surface area contributed by atoms with Crippen molar-refractivity contribution in [3.8, 4) is 17.2 Å². The first kappa shape index (κ1) is 50.7. The smallest absolute Gasteiger partial charge is 0.257 e. The Kier molecular flexibility index (Phi) is 27.4. The summed E-state index contributed by atoms with van der Waals surface area (Å²) < 4.78 is 0. The molecule has 9 nitrogen and oxygen atoms in total. The van der Waals surface area contributed by atoms with Crippen LogP contribution in [0.2, 0.25) is 0 Å². The molecule has 3 aromatic rings. The van der Waals surface area contributed by atoms with Gasteiger partial charge in [0, 0.05) is 16.7 Å². The van der Waals surface area contributed by atoms with E-state index in [4.69, 9.17) is 0 Å². The van der Waals surface area contributed by atoms with Crippen molar-refractivity contribution in [1.29, 1.82) is 0 Å². The number of unbranched alkanes of at least 4 members (excludes halogenated alkanes) is 21. The monoisotopic (exact) mass is 837 g/mol. The van der Waals surface area contributed by atoms with Crippen LogP contribution in [0, 0.1) is 0 Å². The van der Waals surface area contributed by atoms with Gasteiger partial charge in [-0.15, -0.1) is 5.10 Å². The standard InChI is InChI=1S/C52H80N6O3/c1-4-7-10-13-16-19-22-25-28-43-31-34-49(59)46(37-43)40-53-56-52(57-54-41-47-38-44(32-35-50(47)60)29-26-23-20-17-14-11-8-5-2)58-55-42-48-39-45(33-36-51(48)61)30-27-24-21-18-15-12-9-6-3/h31-42,59-61H,4-30H2,1-3H3,(H2,56,57,58)/b53-40-,54-41-,55-42-. The van der Waals surface area contributed by atoms with E-state index in [9.17, 15) is 15.3 Å². The van der Waals surface area contributed by atoms with Gasteiger partial charge in [-0.2, -0.15) is 15.3 Å². The number of nitrogens with one attached hydrogen (secondary N) is 2. The number of hydrogen-bond acceptors (Lipinski definition) is 7. The van der Waals surface area contributed by atoms with Crippen molar-refractivity contribution in [3.05, 3.63) is 88.0 Å². The van der Waals surface area contributed by atoms with Crippen LogP contribution in [0.1, 0.15) is 208 Å². The third kappa shape index (κ3) is 23.2. The van der Waals surface area contributed by atoms with E-state index in [1.807, 2.05) is 36.4 Å². The summed E-state index contributed by atoms with van der Waals surface area (Å²) in [6.45, 7) is 6.75. The number of hydrazone groups is 2. The van der Waals surface area contributed by atoms with E-state index in [2.05, 4.69) is 52.0 Å². The van der Waals surface area contributed by atoms with Crippen molar-refractivity contribution in [3.63, 3.8) is 0 Å². The van der Waals surface area contributed by atoms with Gasteiger partial charge in [0.25, 0.3) is 5.96 Å². The second-order valence-corrected chi connectivity index (χ2v) is 16.8. The molecule has 0 aromatic heterocycles. The zero-order valence-corrected chi connectivity index (χ0v) is 38.2. The molecule has 61 heavy (non-hydrogen) atoms. The summed E-state index contributed by atoms with van der Waals surface area (Å²) >= 11 is 0. The molecule has 0 radical (unpaired) electrons. The fraction of sp³-hybridized carbons (Fsp3) is 0.577. The first-order chi connectivity index (χ1) is 29.9. The van der Waals surface area contributed by atoms with Crippen LogP contribution in [0.5, 0.6) is 17.2 Å². The van der Waals surface area contributed by atoms with Gasteiger partial charge in [0.2, 0.25) is 0 Å². The Hall–Kier alpha value is -4.66. The maximum atomic E-state index is 10.6. The Labute approximate surface area is 369 Å². The summed E-state index contributed by atoms with van der Waals surface area (Å²) in [5.41, 5.74) is 11.0. The summed E-state index contributed by atoms with van der Waals surface area (Å²) in [7, 11) is 0. The number of guanidine groups is 1. The van der Waals surface area contributed by atoms with Crippen LogP contribution >= 0.6 is 0 Å². The van der Waals surface area contributed by atoms with Gasteiger partial charge < -0.3 is 15.3 Å². The lowest BCUT2D eigenvalue weighted by atomic mass is 10.0. The van der Waals surface area contributed by atoms with Crippen molar-refractivity contribution >= 4 is 24.6 Å². The molecule has 0 aliphatic carbocycles. The van der Waals surface area contributed by atoms with Crippen LogP contribution in [-0.2, 0) is 19.3 Å². The third-order valence-corrected chi connectivity index (χ3v) is 11.3. The summed E-state index contributed by atoms with van der Waals surface area (Å²) in [5.74, 6) is 0.513. The van der Waals surface area contributed by atoms with Crippen LogP contribution < -0.4 is 10.9 Å². The lowest BCUT2D eigenvalue weighted by Gasteiger charge is -2.07. The summed E-state index contributed by atoms with van der Waals surface area (Å²) in [6.07, 6.45) is 37.8. The van der Waals surface area contributed by atoms with Crippen LogP contribution in [-0.4, -0.2) is 39.9 Å². The number of nitrogens with zero attached hydrogens (tertiary/aromatic N) is 4. The Balaban J connectivity index is 1.67. The summed E-state index contributed by atoms with van der Waals surface area (Å²) in [6, 6.07) is 16.9. The Morgan fingerprint density at radius 3 is 1.03 bits per heavy atom. The number of aromatic hydroxyl groups is 3. The average Bonchev–Trinajstić information content (AvgIpc) is 3.26. The molecule has 3 rings (SSSR count). The molecule has 0 unspecified atom stereocenters. The highest BCUT2D eigenvalue weighted by atomic mass is 16.3. The Bertz CT molecular complexity index is 1650. The van der Waals surface area contributed by atoms with Gasteiger partial charge in [0.05, 0.1) is 18.6 Å². The third-order valence-electron chi connectivity index (χ3n) is 11.3. The number of phenolic OH excluding ortho intramolecular Hbond substituents is 3. The lowest BCUT2D eigenvalue weighted by Crippen LogP contribution is -2.30. The highest BCUT2D eigenvalue weighted by molar-refractivity contribution is 5.89. The molecule has 336 valence electrons. The number of aryl methyl sites for hydroxylation is 3. The van der Waals surface area contributed by atoms with E-state index in [1.54, 1.807) is 30.6 Å². The van der Waals surface area contributed by atoms with Gasteiger partial charge in [-0.25, -0.2) is 10.9 Å². The fourth-order valence-electron chi connectivity index (χ4n) is 7.52. The van der Waals surface area contributed by atoms with Crippen molar-refractivity contribution < 1.29 is 15.3 Å². The first-order valence-electron chi connectivity index (χ1n) is 24.1. The highest BCUT2D eigenvalue weighted by Gasteiger charge is 2.06. The molecule has 3 aromatic carbocycles. The number of hydrogen-bond donors (Lipinski definition) is 5. The van der Waals surface area contributed by atoms with E-state index in [0.29, 0.717) is 16.7 Å². The molecule has 0 aliphatic heterocycles. The number of benzene rings is 3.